The maximum atomic E-state index is 13.0. The Hall–Kier alpha value is -2.38. The Balaban J connectivity index is 2.69. The highest BCUT2D eigenvalue weighted by atomic mass is 19.4. The minimum Gasteiger partial charge on any atom is -0.497 e. The second-order valence-electron chi connectivity index (χ2n) is 4.15. The number of benzene rings is 1. The van der Waals surface area contributed by atoms with Crippen LogP contribution in [0.2, 0.25) is 0 Å². The molecule has 0 aliphatic carbocycles. The number of aliphatic carboxylic acids is 1. The first-order chi connectivity index (χ1) is 9.79. The van der Waals surface area contributed by atoms with E-state index in [4.69, 9.17) is 19.3 Å². The molecule has 114 valence electrons. The molecule has 0 aromatic heterocycles. The number of hydrogen-bond acceptors (Lipinski definition) is 4. The van der Waals surface area contributed by atoms with Crippen LogP contribution in [0.4, 0.5) is 13.2 Å². The van der Waals surface area contributed by atoms with Gasteiger partial charge in [0, 0.05) is 0 Å². The van der Waals surface area contributed by atoms with Crippen molar-refractivity contribution in [2.75, 3.05) is 14.2 Å². The highest BCUT2D eigenvalue weighted by molar-refractivity contribution is 5.98. The van der Waals surface area contributed by atoms with E-state index in [0.717, 1.165) is 7.11 Å². The Bertz CT molecular complexity index is 606. The van der Waals surface area contributed by atoms with Gasteiger partial charge in [-0.15, -0.1) is 0 Å². The minimum absolute atomic E-state index is 0.0924. The average Bonchev–Trinajstić information content (AvgIpc) is 2.43. The lowest BCUT2D eigenvalue weighted by atomic mass is 9.98. The standard InChI is InChI=1S/C13H11F3O5/c1-19-6-3-4-8-7(5-6)10(20-2)9(12(17)18)11(21-8)13(14,15)16/h3-5,11H,1-2H3,(H,17,18). The molecule has 0 bridgehead atoms. The number of fused-ring (bicyclic) bond motifs is 1. The molecule has 1 aromatic rings. The van der Waals surface area contributed by atoms with Gasteiger partial charge in [-0.1, -0.05) is 0 Å². The zero-order chi connectivity index (χ0) is 15.8. The van der Waals surface area contributed by atoms with Gasteiger partial charge >= 0.3 is 12.1 Å². The molecular formula is C13H11F3O5. The molecule has 1 aliphatic rings. The zero-order valence-corrected chi connectivity index (χ0v) is 11.0. The number of rotatable bonds is 3. The average molecular weight is 304 g/mol. The number of methoxy groups -OCH3 is 2. The SMILES string of the molecule is COC1=C(C(=O)O)C(C(F)(F)F)Oc2ccc(OC)cc21. The first-order valence-corrected chi connectivity index (χ1v) is 5.72. The van der Waals surface area contributed by atoms with Gasteiger partial charge in [-0.3, -0.25) is 0 Å². The Labute approximate surface area is 117 Å². The molecule has 1 aliphatic heterocycles. The second-order valence-corrected chi connectivity index (χ2v) is 4.15. The number of ether oxygens (including phenoxy) is 3. The predicted molar refractivity (Wildman–Crippen MR) is 65.0 cm³/mol. The zero-order valence-electron chi connectivity index (χ0n) is 11.0. The molecule has 1 aromatic carbocycles. The van der Waals surface area contributed by atoms with Gasteiger partial charge in [0.2, 0.25) is 6.10 Å². The molecule has 1 heterocycles. The molecule has 8 heteroatoms. The van der Waals surface area contributed by atoms with Gasteiger partial charge in [0.1, 0.15) is 22.8 Å². The number of carboxylic acid groups (broad SMARTS) is 1. The molecule has 2 rings (SSSR count). The van der Waals surface area contributed by atoms with Crippen molar-refractivity contribution in [2.45, 2.75) is 12.3 Å². The third kappa shape index (κ3) is 2.61. The molecule has 1 N–H and O–H groups in total. The molecule has 1 unspecified atom stereocenters. The highest BCUT2D eigenvalue weighted by Crippen LogP contribution is 2.42. The van der Waals surface area contributed by atoms with Gasteiger partial charge in [0.25, 0.3) is 0 Å². The number of alkyl halides is 3. The van der Waals surface area contributed by atoms with Crippen molar-refractivity contribution in [3.63, 3.8) is 0 Å². The summed E-state index contributed by atoms with van der Waals surface area (Å²) in [7, 11) is 2.47. The first-order valence-electron chi connectivity index (χ1n) is 5.72. The Morgan fingerprint density at radius 1 is 1.29 bits per heavy atom. The van der Waals surface area contributed by atoms with Crippen molar-refractivity contribution in [2.24, 2.45) is 0 Å². The molecule has 0 fully saturated rings. The maximum Gasteiger partial charge on any atom is 0.430 e. The molecule has 0 amide bonds. The summed E-state index contributed by atoms with van der Waals surface area (Å²) in [6.07, 6.45) is -7.47. The molecule has 0 radical (unpaired) electrons. The van der Waals surface area contributed by atoms with Gasteiger partial charge in [0.15, 0.2) is 0 Å². The van der Waals surface area contributed by atoms with Gasteiger partial charge in [-0.2, -0.15) is 13.2 Å². The summed E-state index contributed by atoms with van der Waals surface area (Å²) in [6, 6.07) is 4.03. The van der Waals surface area contributed by atoms with Crippen LogP contribution in [0.25, 0.3) is 5.76 Å². The van der Waals surface area contributed by atoms with Crippen molar-refractivity contribution < 1.29 is 37.3 Å². The van der Waals surface area contributed by atoms with Crippen LogP contribution in [0.5, 0.6) is 11.5 Å². The van der Waals surface area contributed by atoms with E-state index in [1.54, 1.807) is 0 Å². The van der Waals surface area contributed by atoms with E-state index in [2.05, 4.69) is 0 Å². The Morgan fingerprint density at radius 3 is 2.43 bits per heavy atom. The number of carbonyl (C=O) groups is 1. The van der Waals surface area contributed by atoms with Crippen LogP contribution in [-0.2, 0) is 9.53 Å². The van der Waals surface area contributed by atoms with Gasteiger partial charge in [0.05, 0.1) is 19.8 Å². The van der Waals surface area contributed by atoms with Crippen LogP contribution in [0.3, 0.4) is 0 Å². The van der Waals surface area contributed by atoms with Crippen molar-refractivity contribution in [1.29, 1.82) is 0 Å². The summed E-state index contributed by atoms with van der Waals surface area (Å²) in [5.74, 6) is -1.95. The topological polar surface area (TPSA) is 65.0 Å². The van der Waals surface area contributed by atoms with Crippen molar-refractivity contribution in [3.05, 3.63) is 29.3 Å². The molecule has 0 spiro atoms. The largest absolute Gasteiger partial charge is 0.497 e. The van der Waals surface area contributed by atoms with Gasteiger partial charge in [-0.05, 0) is 18.2 Å². The van der Waals surface area contributed by atoms with Crippen LogP contribution in [-0.4, -0.2) is 37.6 Å². The van der Waals surface area contributed by atoms with Crippen molar-refractivity contribution in [1.82, 2.24) is 0 Å². The minimum atomic E-state index is -4.88. The third-order valence-electron chi connectivity index (χ3n) is 2.91. The fourth-order valence-electron chi connectivity index (χ4n) is 2.03. The lowest BCUT2D eigenvalue weighted by molar-refractivity contribution is -0.187. The van der Waals surface area contributed by atoms with Crippen LogP contribution in [0, 0.1) is 0 Å². The summed E-state index contributed by atoms with van der Waals surface area (Å²) in [6.45, 7) is 0. The third-order valence-corrected chi connectivity index (χ3v) is 2.91. The molecule has 21 heavy (non-hydrogen) atoms. The van der Waals surface area contributed by atoms with E-state index >= 15 is 0 Å². The van der Waals surface area contributed by atoms with E-state index in [0.29, 0.717) is 5.75 Å². The van der Waals surface area contributed by atoms with Crippen LogP contribution < -0.4 is 9.47 Å². The number of hydrogen-bond donors (Lipinski definition) is 1. The highest BCUT2D eigenvalue weighted by Gasteiger charge is 2.51. The van der Waals surface area contributed by atoms with E-state index in [1.807, 2.05) is 0 Å². The molecule has 1 atom stereocenters. The number of halogens is 3. The van der Waals surface area contributed by atoms with E-state index in [-0.39, 0.29) is 11.3 Å². The second kappa shape index (κ2) is 5.19. The first kappa shape index (κ1) is 15.0. The maximum absolute atomic E-state index is 13.0. The normalized spacial score (nSPS) is 17.9. The Kier molecular flexibility index (Phi) is 3.71. The van der Waals surface area contributed by atoms with Gasteiger partial charge in [-0.25, -0.2) is 4.79 Å². The van der Waals surface area contributed by atoms with Crippen LogP contribution in [0.1, 0.15) is 5.56 Å². The summed E-state index contributed by atoms with van der Waals surface area (Å²) in [5.41, 5.74) is -0.902. The fraction of sp³-hybridized carbons (Fsp3) is 0.308. The van der Waals surface area contributed by atoms with Crippen LogP contribution in [0.15, 0.2) is 23.8 Å². The quantitative estimate of drug-likeness (QED) is 0.929. The smallest absolute Gasteiger partial charge is 0.430 e. The predicted octanol–water partition coefficient (Wildman–Crippen LogP) is 2.46. The summed E-state index contributed by atoms with van der Waals surface area (Å²) in [5, 5.41) is 9.08. The van der Waals surface area contributed by atoms with Gasteiger partial charge < -0.3 is 19.3 Å². The molecule has 0 saturated carbocycles. The monoisotopic (exact) mass is 304 g/mol. The summed E-state index contributed by atoms with van der Waals surface area (Å²) in [4.78, 5) is 11.2. The van der Waals surface area contributed by atoms with E-state index < -0.39 is 29.6 Å². The summed E-state index contributed by atoms with van der Waals surface area (Å²) >= 11 is 0. The molecule has 0 saturated heterocycles. The van der Waals surface area contributed by atoms with Crippen LogP contribution >= 0.6 is 0 Å². The fourth-order valence-corrected chi connectivity index (χ4v) is 2.03. The van der Waals surface area contributed by atoms with Crippen molar-refractivity contribution in [3.8, 4) is 11.5 Å². The van der Waals surface area contributed by atoms with Crippen molar-refractivity contribution >= 4 is 11.7 Å². The summed E-state index contributed by atoms with van der Waals surface area (Å²) < 4.78 is 53.6. The lowest BCUT2D eigenvalue weighted by Gasteiger charge is -2.29. The Morgan fingerprint density at radius 2 is 1.95 bits per heavy atom. The van der Waals surface area contributed by atoms with E-state index in [1.165, 1.54) is 25.3 Å². The van der Waals surface area contributed by atoms with E-state index in [9.17, 15) is 18.0 Å². The lowest BCUT2D eigenvalue weighted by Crippen LogP contribution is -2.41. The molecule has 5 nitrogen and oxygen atoms in total. The number of carboxylic acids is 1. The molecular weight excluding hydrogens is 293 g/mol.